The lowest BCUT2D eigenvalue weighted by atomic mass is 10.1. The van der Waals surface area contributed by atoms with Crippen molar-refractivity contribution in [2.45, 2.75) is 6.04 Å². The summed E-state index contributed by atoms with van der Waals surface area (Å²) in [7, 11) is 3.53. The van der Waals surface area contributed by atoms with E-state index in [0.717, 1.165) is 17.1 Å². The highest BCUT2D eigenvalue weighted by Crippen LogP contribution is 2.23. The van der Waals surface area contributed by atoms with E-state index in [-0.39, 0.29) is 11.9 Å². The Bertz CT molecular complexity index is 775. The van der Waals surface area contributed by atoms with Gasteiger partial charge in [-0.05, 0) is 29.8 Å². The Balaban J connectivity index is 1.93. The second-order valence-corrected chi connectivity index (χ2v) is 5.16. The topological polar surface area (TPSA) is 71.9 Å². The van der Waals surface area contributed by atoms with Crippen LogP contribution in [0.25, 0.3) is 0 Å². The molecule has 3 aromatic rings. The SMILES string of the molecule is COc1ccc(C(NC(=O)c2ccc[nH]2)c2nccn2C)cc1. The predicted molar refractivity (Wildman–Crippen MR) is 86.3 cm³/mol. The van der Waals surface area contributed by atoms with Gasteiger partial charge < -0.3 is 19.6 Å². The fraction of sp³-hybridized carbons (Fsp3) is 0.176. The molecule has 6 nitrogen and oxygen atoms in total. The van der Waals surface area contributed by atoms with Crippen LogP contribution in [0.2, 0.25) is 0 Å². The van der Waals surface area contributed by atoms with E-state index in [1.807, 2.05) is 42.1 Å². The molecule has 2 aromatic heterocycles. The number of amides is 1. The number of aromatic nitrogens is 3. The molecule has 118 valence electrons. The van der Waals surface area contributed by atoms with Gasteiger partial charge in [-0.3, -0.25) is 4.79 Å². The molecule has 0 spiro atoms. The van der Waals surface area contributed by atoms with Gasteiger partial charge in [0, 0.05) is 25.6 Å². The standard InChI is InChI=1S/C17H18N4O2/c1-21-11-10-19-16(21)15(12-5-7-13(23-2)8-6-12)20-17(22)14-4-3-9-18-14/h3-11,15,18H,1-2H3,(H,20,22). The molecule has 0 saturated heterocycles. The van der Waals surface area contributed by atoms with Gasteiger partial charge in [-0.2, -0.15) is 0 Å². The Kier molecular flexibility index (Phi) is 4.14. The predicted octanol–water partition coefficient (Wildman–Crippen LogP) is 2.28. The molecule has 0 saturated carbocycles. The van der Waals surface area contributed by atoms with Crippen molar-refractivity contribution < 1.29 is 9.53 Å². The van der Waals surface area contributed by atoms with Crippen molar-refractivity contribution in [1.82, 2.24) is 19.9 Å². The highest BCUT2D eigenvalue weighted by Gasteiger charge is 2.21. The van der Waals surface area contributed by atoms with E-state index in [1.54, 1.807) is 31.6 Å². The van der Waals surface area contributed by atoms with Gasteiger partial charge in [0.15, 0.2) is 0 Å². The molecule has 0 fully saturated rings. The number of benzene rings is 1. The van der Waals surface area contributed by atoms with Gasteiger partial charge in [0.05, 0.1) is 7.11 Å². The van der Waals surface area contributed by atoms with E-state index in [0.29, 0.717) is 5.69 Å². The molecule has 1 unspecified atom stereocenters. The second kappa shape index (κ2) is 6.39. The molecule has 23 heavy (non-hydrogen) atoms. The molecule has 0 radical (unpaired) electrons. The Morgan fingerprint density at radius 2 is 2.09 bits per heavy atom. The number of carbonyl (C=O) groups excluding carboxylic acids is 1. The summed E-state index contributed by atoms with van der Waals surface area (Å²) in [5.41, 5.74) is 1.44. The highest BCUT2D eigenvalue weighted by atomic mass is 16.5. The molecular weight excluding hydrogens is 292 g/mol. The number of nitrogens with zero attached hydrogens (tertiary/aromatic N) is 2. The van der Waals surface area contributed by atoms with Crippen molar-refractivity contribution in [3.8, 4) is 5.75 Å². The number of ether oxygens (including phenoxy) is 1. The number of hydrogen-bond donors (Lipinski definition) is 2. The van der Waals surface area contributed by atoms with Gasteiger partial charge >= 0.3 is 0 Å². The fourth-order valence-electron chi connectivity index (χ4n) is 2.43. The lowest BCUT2D eigenvalue weighted by Gasteiger charge is -2.19. The minimum absolute atomic E-state index is 0.182. The molecule has 2 N–H and O–H groups in total. The van der Waals surface area contributed by atoms with Gasteiger partial charge in [-0.1, -0.05) is 12.1 Å². The maximum absolute atomic E-state index is 12.4. The minimum Gasteiger partial charge on any atom is -0.497 e. The van der Waals surface area contributed by atoms with Crippen molar-refractivity contribution in [2.24, 2.45) is 7.05 Å². The number of methoxy groups -OCH3 is 1. The van der Waals surface area contributed by atoms with Crippen LogP contribution in [0.3, 0.4) is 0 Å². The molecule has 1 amide bonds. The van der Waals surface area contributed by atoms with Crippen LogP contribution in [-0.2, 0) is 7.05 Å². The van der Waals surface area contributed by atoms with Crippen molar-refractivity contribution >= 4 is 5.91 Å². The third-order valence-electron chi connectivity index (χ3n) is 3.68. The zero-order valence-corrected chi connectivity index (χ0v) is 13.0. The van der Waals surface area contributed by atoms with Gasteiger partial charge in [-0.25, -0.2) is 4.98 Å². The molecule has 3 rings (SSSR count). The summed E-state index contributed by atoms with van der Waals surface area (Å²) in [5.74, 6) is 1.34. The third-order valence-corrected chi connectivity index (χ3v) is 3.68. The smallest absolute Gasteiger partial charge is 0.268 e. The molecule has 0 aliphatic heterocycles. The molecule has 2 heterocycles. The van der Waals surface area contributed by atoms with Crippen LogP contribution in [0, 0.1) is 0 Å². The van der Waals surface area contributed by atoms with Crippen molar-refractivity contribution in [2.75, 3.05) is 7.11 Å². The summed E-state index contributed by atoms with van der Waals surface area (Å²) in [5, 5.41) is 3.02. The maximum atomic E-state index is 12.4. The highest BCUT2D eigenvalue weighted by molar-refractivity contribution is 5.92. The van der Waals surface area contributed by atoms with E-state index in [2.05, 4.69) is 15.3 Å². The lowest BCUT2D eigenvalue weighted by Crippen LogP contribution is -2.31. The molecule has 0 aliphatic rings. The number of nitrogens with one attached hydrogen (secondary N) is 2. The number of rotatable bonds is 5. The molecular formula is C17H18N4O2. The van der Waals surface area contributed by atoms with Crippen LogP contribution in [0.15, 0.2) is 55.0 Å². The number of carbonyl (C=O) groups is 1. The van der Waals surface area contributed by atoms with Crippen LogP contribution in [0.5, 0.6) is 5.75 Å². The zero-order valence-electron chi connectivity index (χ0n) is 13.0. The first-order chi connectivity index (χ1) is 11.2. The van der Waals surface area contributed by atoms with Gasteiger partial charge in [0.2, 0.25) is 0 Å². The van der Waals surface area contributed by atoms with Gasteiger partial charge in [0.1, 0.15) is 23.3 Å². The molecule has 1 aromatic carbocycles. The third kappa shape index (κ3) is 3.11. The Labute approximate surface area is 134 Å². The van der Waals surface area contributed by atoms with Crippen molar-refractivity contribution in [3.63, 3.8) is 0 Å². The van der Waals surface area contributed by atoms with E-state index < -0.39 is 0 Å². The Morgan fingerprint density at radius 1 is 1.30 bits per heavy atom. The second-order valence-electron chi connectivity index (χ2n) is 5.16. The monoisotopic (exact) mass is 310 g/mol. The molecule has 0 bridgehead atoms. The van der Waals surface area contributed by atoms with Crippen molar-refractivity contribution in [1.29, 1.82) is 0 Å². The van der Waals surface area contributed by atoms with Crippen LogP contribution in [-0.4, -0.2) is 27.6 Å². The first-order valence-corrected chi connectivity index (χ1v) is 7.24. The summed E-state index contributed by atoms with van der Waals surface area (Å²) < 4.78 is 7.08. The van der Waals surface area contributed by atoms with Crippen LogP contribution >= 0.6 is 0 Å². The molecule has 6 heteroatoms. The van der Waals surface area contributed by atoms with Crippen LogP contribution < -0.4 is 10.1 Å². The van der Waals surface area contributed by atoms with Gasteiger partial charge in [-0.15, -0.1) is 0 Å². The summed E-state index contributed by atoms with van der Waals surface area (Å²) in [6.45, 7) is 0. The van der Waals surface area contributed by atoms with E-state index in [1.165, 1.54) is 0 Å². The first kappa shape index (κ1) is 14.9. The summed E-state index contributed by atoms with van der Waals surface area (Å²) >= 11 is 0. The zero-order chi connectivity index (χ0) is 16.2. The Morgan fingerprint density at radius 3 is 2.65 bits per heavy atom. The Hall–Kier alpha value is -3.02. The van der Waals surface area contributed by atoms with Gasteiger partial charge in [0.25, 0.3) is 5.91 Å². The minimum atomic E-state index is -0.350. The number of imidazole rings is 1. The average Bonchev–Trinajstić information content (AvgIpc) is 3.24. The van der Waals surface area contributed by atoms with E-state index >= 15 is 0 Å². The normalized spacial score (nSPS) is 11.9. The first-order valence-electron chi connectivity index (χ1n) is 7.24. The number of H-pyrrole nitrogens is 1. The summed E-state index contributed by atoms with van der Waals surface area (Å²) in [6, 6.07) is 10.8. The average molecular weight is 310 g/mol. The largest absolute Gasteiger partial charge is 0.497 e. The maximum Gasteiger partial charge on any atom is 0.268 e. The quantitative estimate of drug-likeness (QED) is 0.759. The van der Waals surface area contributed by atoms with E-state index in [4.69, 9.17) is 4.74 Å². The van der Waals surface area contributed by atoms with Crippen LogP contribution in [0.1, 0.15) is 27.9 Å². The number of hydrogen-bond acceptors (Lipinski definition) is 3. The summed E-state index contributed by atoms with van der Waals surface area (Å²) in [4.78, 5) is 19.7. The fourth-order valence-corrected chi connectivity index (χ4v) is 2.43. The molecule has 0 aliphatic carbocycles. The van der Waals surface area contributed by atoms with Crippen LogP contribution in [0.4, 0.5) is 0 Å². The molecule has 1 atom stereocenters. The van der Waals surface area contributed by atoms with E-state index in [9.17, 15) is 4.79 Å². The lowest BCUT2D eigenvalue weighted by molar-refractivity contribution is 0.0936. The summed E-state index contributed by atoms with van der Waals surface area (Å²) in [6.07, 6.45) is 5.29. The number of aryl methyl sites for hydroxylation is 1. The number of aromatic amines is 1. The van der Waals surface area contributed by atoms with Crippen molar-refractivity contribution in [3.05, 3.63) is 72.1 Å².